The van der Waals surface area contributed by atoms with E-state index < -0.39 is 17.8 Å². The maximum Gasteiger partial charge on any atom is 0.307 e. The van der Waals surface area contributed by atoms with Crippen molar-refractivity contribution in [3.05, 3.63) is 35.9 Å². The molecule has 1 aromatic rings. The third-order valence-electron chi connectivity index (χ3n) is 3.58. The van der Waals surface area contributed by atoms with E-state index in [4.69, 9.17) is 0 Å². The van der Waals surface area contributed by atoms with Crippen molar-refractivity contribution in [3.63, 3.8) is 0 Å². The summed E-state index contributed by atoms with van der Waals surface area (Å²) in [7, 11) is 1.53. The largest absolute Gasteiger partial charge is 0.481 e. The minimum Gasteiger partial charge on any atom is -0.481 e. The fourth-order valence-corrected chi connectivity index (χ4v) is 2.52. The molecule has 4 nitrogen and oxygen atoms in total. The first-order chi connectivity index (χ1) is 9.02. The van der Waals surface area contributed by atoms with Gasteiger partial charge in [0.25, 0.3) is 0 Å². The van der Waals surface area contributed by atoms with Crippen molar-refractivity contribution in [1.82, 2.24) is 5.32 Å². The molecule has 1 amide bonds. The van der Waals surface area contributed by atoms with Crippen molar-refractivity contribution in [2.45, 2.75) is 26.2 Å². The summed E-state index contributed by atoms with van der Waals surface area (Å²) in [5.74, 6) is -2.60. The SMILES string of the molecule is CCC(c1ccccc1)C(C(=O)O)C(C)C(=O)NC. The topological polar surface area (TPSA) is 66.4 Å². The van der Waals surface area contributed by atoms with Gasteiger partial charge in [-0.15, -0.1) is 0 Å². The van der Waals surface area contributed by atoms with Crippen molar-refractivity contribution in [3.8, 4) is 0 Å². The van der Waals surface area contributed by atoms with Crippen molar-refractivity contribution in [2.75, 3.05) is 7.05 Å². The van der Waals surface area contributed by atoms with Gasteiger partial charge in [-0.1, -0.05) is 44.2 Å². The van der Waals surface area contributed by atoms with E-state index in [0.29, 0.717) is 6.42 Å². The highest BCUT2D eigenvalue weighted by atomic mass is 16.4. The van der Waals surface area contributed by atoms with Gasteiger partial charge in [0, 0.05) is 13.0 Å². The molecule has 0 saturated heterocycles. The van der Waals surface area contributed by atoms with Gasteiger partial charge in [0.15, 0.2) is 0 Å². The van der Waals surface area contributed by atoms with Gasteiger partial charge in [-0.2, -0.15) is 0 Å². The number of carbonyl (C=O) groups is 2. The lowest BCUT2D eigenvalue weighted by atomic mass is 9.77. The molecule has 4 heteroatoms. The maximum absolute atomic E-state index is 11.7. The molecule has 3 unspecified atom stereocenters. The molecular weight excluding hydrogens is 242 g/mol. The Hall–Kier alpha value is -1.84. The molecular formula is C15H21NO3. The zero-order valence-electron chi connectivity index (χ0n) is 11.6. The van der Waals surface area contributed by atoms with E-state index in [9.17, 15) is 14.7 Å². The van der Waals surface area contributed by atoms with Gasteiger partial charge in [0.05, 0.1) is 5.92 Å². The molecule has 104 valence electrons. The molecule has 0 radical (unpaired) electrons. The Kier molecular flexibility index (Phi) is 5.55. The van der Waals surface area contributed by atoms with Crippen LogP contribution in [0.2, 0.25) is 0 Å². The van der Waals surface area contributed by atoms with Crippen LogP contribution >= 0.6 is 0 Å². The number of amides is 1. The lowest BCUT2D eigenvalue weighted by molar-refractivity contribution is -0.147. The molecule has 0 saturated carbocycles. The van der Waals surface area contributed by atoms with Crippen LogP contribution in [0.3, 0.4) is 0 Å². The second-order valence-corrected chi connectivity index (χ2v) is 4.69. The highest BCUT2D eigenvalue weighted by molar-refractivity contribution is 5.84. The minimum absolute atomic E-state index is 0.161. The van der Waals surface area contributed by atoms with Crippen LogP contribution in [0.4, 0.5) is 0 Å². The fourth-order valence-electron chi connectivity index (χ4n) is 2.52. The number of carboxylic acids is 1. The highest BCUT2D eigenvalue weighted by Gasteiger charge is 2.36. The molecule has 0 heterocycles. The minimum atomic E-state index is -0.924. The van der Waals surface area contributed by atoms with Crippen LogP contribution in [-0.2, 0) is 9.59 Å². The zero-order valence-corrected chi connectivity index (χ0v) is 11.6. The Morgan fingerprint density at radius 3 is 2.26 bits per heavy atom. The number of hydrogen-bond donors (Lipinski definition) is 2. The summed E-state index contributed by atoms with van der Waals surface area (Å²) in [6.07, 6.45) is 0.683. The predicted molar refractivity (Wildman–Crippen MR) is 73.8 cm³/mol. The number of nitrogens with one attached hydrogen (secondary N) is 1. The van der Waals surface area contributed by atoms with Gasteiger partial charge < -0.3 is 10.4 Å². The van der Waals surface area contributed by atoms with E-state index in [1.807, 2.05) is 37.3 Å². The quantitative estimate of drug-likeness (QED) is 0.827. The molecule has 0 aromatic heterocycles. The van der Waals surface area contributed by atoms with E-state index in [0.717, 1.165) is 5.56 Å². The van der Waals surface area contributed by atoms with Crippen LogP contribution in [0.5, 0.6) is 0 Å². The van der Waals surface area contributed by atoms with Crippen molar-refractivity contribution < 1.29 is 14.7 Å². The third-order valence-corrected chi connectivity index (χ3v) is 3.58. The van der Waals surface area contributed by atoms with E-state index in [1.54, 1.807) is 6.92 Å². The Balaban J connectivity index is 3.09. The normalized spacial score (nSPS) is 15.3. The van der Waals surface area contributed by atoms with Crippen LogP contribution in [0.25, 0.3) is 0 Å². The number of aliphatic carboxylic acids is 1. The monoisotopic (exact) mass is 263 g/mol. The van der Waals surface area contributed by atoms with Gasteiger partial charge >= 0.3 is 5.97 Å². The average Bonchev–Trinajstić information content (AvgIpc) is 2.43. The van der Waals surface area contributed by atoms with E-state index in [-0.39, 0.29) is 11.8 Å². The van der Waals surface area contributed by atoms with Gasteiger partial charge in [-0.05, 0) is 17.9 Å². The number of carbonyl (C=O) groups excluding carboxylic acids is 1. The highest BCUT2D eigenvalue weighted by Crippen LogP contribution is 2.33. The zero-order chi connectivity index (χ0) is 14.4. The van der Waals surface area contributed by atoms with Crippen LogP contribution in [0.15, 0.2) is 30.3 Å². The van der Waals surface area contributed by atoms with E-state index in [1.165, 1.54) is 7.05 Å². The number of benzene rings is 1. The Morgan fingerprint density at radius 2 is 1.84 bits per heavy atom. The fraction of sp³-hybridized carbons (Fsp3) is 0.467. The number of carboxylic acid groups (broad SMARTS) is 1. The second-order valence-electron chi connectivity index (χ2n) is 4.69. The average molecular weight is 263 g/mol. The summed E-state index contributed by atoms with van der Waals surface area (Å²) in [6, 6.07) is 9.51. The smallest absolute Gasteiger partial charge is 0.307 e. The molecule has 0 aliphatic rings. The lowest BCUT2D eigenvalue weighted by Crippen LogP contribution is -2.37. The Morgan fingerprint density at radius 1 is 1.26 bits per heavy atom. The molecule has 19 heavy (non-hydrogen) atoms. The van der Waals surface area contributed by atoms with Gasteiger partial charge in [-0.3, -0.25) is 9.59 Å². The van der Waals surface area contributed by atoms with Crippen LogP contribution < -0.4 is 5.32 Å². The Bertz CT molecular complexity index is 430. The summed E-state index contributed by atoms with van der Waals surface area (Å²) in [5, 5.41) is 12.0. The summed E-state index contributed by atoms with van der Waals surface area (Å²) >= 11 is 0. The standard InChI is InChI=1S/C15H21NO3/c1-4-12(11-8-6-5-7-9-11)13(15(18)19)10(2)14(17)16-3/h5-10,12-13H,4H2,1-3H3,(H,16,17)(H,18,19). The molecule has 3 atom stereocenters. The van der Waals surface area contributed by atoms with Crippen LogP contribution in [0, 0.1) is 11.8 Å². The summed E-state index contributed by atoms with van der Waals surface area (Å²) < 4.78 is 0. The summed E-state index contributed by atoms with van der Waals surface area (Å²) in [6.45, 7) is 3.62. The first-order valence-electron chi connectivity index (χ1n) is 6.52. The van der Waals surface area contributed by atoms with Gasteiger partial charge in [-0.25, -0.2) is 0 Å². The predicted octanol–water partition coefficient (Wildman–Crippen LogP) is 2.26. The molecule has 0 aliphatic carbocycles. The molecule has 0 aliphatic heterocycles. The first kappa shape index (κ1) is 15.2. The molecule has 0 fully saturated rings. The lowest BCUT2D eigenvalue weighted by Gasteiger charge is -2.27. The van der Waals surface area contributed by atoms with Crippen molar-refractivity contribution in [2.24, 2.45) is 11.8 Å². The van der Waals surface area contributed by atoms with Crippen LogP contribution in [-0.4, -0.2) is 24.0 Å². The number of hydrogen-bond acceptors (Lipinski definition) is 2. The van der Waals surface area contributed by atoms with E-state index >= 15 is 0 Å². The molecule has 0 bridgehead atoms. The number of rotatable bonds is 6. The molecule has 2 N–H and O–H groups in total. The molecule has 0 spiro atoms. The second kappa shape index (κ2) is 6.92. The van der Waals surface area contributed by atoms with Crippen LogP contribution in [0.1, 0.15) is 31.7 Å². The van der Waals surface area contributed by atoms with Gasteiger partial charge in [0.1, 0.15) is 0 Å². The van der Waals surface area contributed by atoms with E-state index in [2.05, 4.69) is 5.32 Å². The summed E-state index contributed by atoms with van der Waals surface area (Å²) in [4.78, 5) is 23.3. The third kappa shape index (κ3) is 3.56. The Labute approximate surface area is 113 Å². The molecule has 1 rings (SSSR count). The maximum atomic E-state index is 11.7. The first-order valence-corrected chi connectivity index (χ1v) is 6.52. The molecule has 1 aromatic carbocycles. The van der Waals surface area contributed by atoms with Gasteiger partial charge in [0.2, 0.25) is 5.91 Å². The summed E-state index contributed by atoms with van der Waals surface area (Å²) in [5.41, 5.74) is 0.966. The van der Waals surface area contributed by atoms with Crippen molar-refractivity contribution in [1.29, 1.82) is 0 Å². The van der Waals surface area contributed by atoms with Crippen molar-refractivity contribution >= 4 is 11.9 Å².